The number of hydrogen-bond donors (Lipinski definition) is 1. The van der Waals surface area contributed by atoms with Gasteiger partial charge in [0.25, 0.3) is 0 Å². The summed E-state index contributed by atoms with van der Waals surface area (Å²) >= 11 is 0. The first-order chi connectivity index (χ1) is 10.7. The van der Waals surface area contributed by atoms with Crippen LogP contribution in [0.1, 0.15) is 59.8 Å². The molecule has 0 heterocycles. The summed E-state index contributed by atoms with van der Waals surface area (Å²) in [6, 6.07) is 0. The largest absolute Gasteiger partial charge is 0.465 e. The fourth-order valence-corrected chi connectivity index (χ4v) is 5.44. The van der Waals surface area contributed by atoms with Crippen LogP contribution >= 0.6 is 0 Å². The number of fused-ring (bicyclic) bond motifs is 1. The molecule has 24 heavy (non-hydrogen) atoms. The Morgan fingerprint density at radius 1 is 1.29 bits per heavy atom. The van der Waals surface area contributed by atoms with Crippen molar-refractivity contribution in [2.45, 2.75) is 65.1 Å². The van der Waals surface area contributed by atoms with E-state index >= 15 is 0 Å². The number of rotatable bonds is 6. The van der Waals surface area contributed by atoms with Gasteiger partial charge in [-0.2, -0.15) is 17.2 Å². The topological polar surface area (TPSA) is 80.7 Å². The van der Waals surface area contributed by atoms with E-state index < -0.39 is 26.8 Å². The molecule has 0 aromatic carbocycles. The smallest absolute Gasteiger partial charge is 0.460 e. The van der Waals surface area contributed by atoms with Crippen LogP contribution in [0.5, 0.6) is 0 Å². The minimum absolute atomic E-state index is 0.00506. The van der Waals surface area contributed by atoms with Gasteiger partial charge in [-0.15, -0.1) is 0 Å². The first kappa shape index (κ1) is 19.6. The summed E-state index contributed by atoms with van der Waals surface area (Å²) in [5.41, 5.74) is -0.306. The lowest BCUT2D eigenvalue weighted by atomic mass is 9.59. The van der Waals surface area contributed by atoms with Crippen LogP contribution in [0, 0.1) is 22.2 Å². The third kappa shape index (κ3) is 3.31. The van der Waals surface area contributed by atoms with Crippen molar-refractivity contribution in [1.29, 1.82) is 0 Å². The third-order valence-corrected chi connectivity index (χ3v) is 6.42. The summed E-state index contributed by atoms with van der Waals surface area (Å²) in [7, 11) is -5.83. The molecule has 0 amide bonds. The van der Waals surface area contributed by atoms with Crippen molar-refractivity contribution >= 4 is 16.1 Å². The number of alkyl halides is 2. The van der Waals surface area contributed by atoms with Gasteiger partial charge in [0.05, 0.1) is 6.61 Å². The molecule has 5 nitrogen and oxygen atoms in total. The molecule has 0 spiro atoms. The van der Waals surface area contributed by atoms with Crippen molar-refractivity contribution < 1.29 is 31.3 Å². The number of halogens is 2. The quantitative estimate of drug-likeness (QED) is 0.572. The van der Waals surface area contributed by atoms with Crippen molar-refractivity contribution in [3.8, 4) is 0 Å². The second-order valence-electron chi connectivity index (χ2n) is 8.61. The Morgan fingerprint density at radius 2 is 1.88 bits per heavy atom. The van der Waals surface area contributed by atoms with E-state index in [2.05, 4.69) is 20.8 Å². The standard InChI is InChI=1S/C16H26F2O5S/c1-5-6-15(9-13(2,3)8-14(4)7-11(14)15)10-23-12(19)16(17,18)24(20,21)22/h11H,5-10H2,1-4H3,(H,20,21,22). The molecule has 0 bridgehead atoms. The fourth-order valence-electron chi connectivity index (χ4n) is 5.17. The molecule has 2 fully saturated rings. The third-order valence-electron chi connectivity index (χ3n) is 5.60. The molecule has 2 saturated carbocycles. The molecule has 3 unspecified atom stereocenters. The number of hydrogen-bond acceptors (Lipinski definition) is 4. The predicted octanol–water partition coefficient (Wildman–Crippen LogP) is 3.64. The second kappa shape index (κ2) is 5.62. The Morgan fingerprint density at radius 3 is 2.38 bits per heavy atom. The number of esters is 1. The summed E-state index contributed by atoms with van der Waals surface area (Å²) < 4.78 is 61.5. The minimum atomic E-state index is -5.83. The Labute approximate surface area is 141 Å². The normalized spacial score (nSPS) is 35.2. The lowest BCUT2D eigenvalue weighted by Crippen LogP contribution is -2.45. The molecule has 3 atom stereocenters. The summed E-state index contributed by atoms with van der Waals surface area (Å²) in [6.45, 7) is 8.14. The average Bonchev–Trinajstić information content (AvgIpc) is 3.05. The van der Waals surface area contributed by atoms with Crippen molar-refractivity contribution in [2.75, 3.05) is 6.61 Å². The van der Waals surface area contributed by atoms with Gasteiger partial charge in [0.1, 0.15) is 0 Å². The van der Waals surface area contributed by atoms with E-state index in [0.717, 1.165) is 32.1 Å². The van der Waals surface area contributed by atoms with Gasteiger partial charge >= 0.3 is 21.3 Å². The Hall–Kier alpha value is -0.760. The molecule has 1 N–H and O–H groups in total. The van der Waals surface area contributed by atoms with Crippen LogP contribution in [0.2, 0.25) is 0 Å². The molecule has 2 rings (SSSR count). The maximum absolute atomic E-state index is 13.4. The van der Waals surface area contributed by atoms with Gasteiger partial charge in [0.2, 0.25) is 0 Å². The highest BCUT2D eigenvalue weighted by Crippen LogP contribution is 2.72. The van der Waals surface area contributed by atoms with Gasteiger partial charge in [0.15, 0.2) is 0 Å². The minimum Gasteiger partial charge on any atom is -0.460 e. The second-order valence-corrected chi connectivity index (χ2v) is 10.1. The first-order valence-corrected chi connectivity index (χ1v) is 9.65. The zero-order valence-electron chi connectivity index (χ0n) is 14.6. The van der Waals surface area contributed by atoms with Crippen molar-refractivity contribution in [3.05, 3.63) is 0 Å². The summed E-state index contributed by atoms with van der Waals surface area (Å²) in [6.07, 6.45) is 4.27. The maximum Gasteiger partial charge on any atom is 0.465 e. The number of carbonyl (C=O) groups is 1. The molecule has 2 aliphatic rings. The van der Waals surface area contributed by atoms with E-state index in [0.29, 0.717) is 0 Å². The van der Waals surface area contributed by atoms with Gasteiger partial charge in [-0.1, -0.05) is 34.1 Å². The van der Waals surface area contributed by atoms with Crippen LogP contribution in [0.25, 0.3) is 0 Å². The fraction of sp³-hybridized carbons (Fsp3) is 0.938. The van der Waals surface area contributed by atoms with Crippen molar-refractivity contribution in [3.63, 3.8) is 0 Å². The van der Waals surface area contributed by atoms with Crippen LogP contribution in [0.4, 0.5) is 8.78 Å². The Balaban J connectivity index is 2.20. The molecular formula is C16H26F2O5S. The first-order valence-electron chi connectivity index (χ1n) is 8.21. The van der Waals surface area contributed by atoms with Gasteiger partial charge in [-0.05, 0) is 42.4 Å². The van der Waals surface area contributed by atoms with Crippen molar-refractivity contribution in [1.82, 2.24) is 0 Å². The SMILES string of the molecule is CCCC1(COC(=O)C(F)(F)S(=O)(=O)O)CC(C)(C)CC2(C)CC21. The Kier molecular flexibility index (Phi) is 4.58. The van der Waals surface area contributed by atoms with Gasteiger partial charge < -0.3 is 4.74 Å². The van der Waals surface area contributed by atoms with Crippen molar-refractivity contribution in [2.24, 2.45) is 22.2 Å². The van der Waals surface area contributed by atoms with Gasteiger partial charge in [0, 0.05) is 5.41 Å². The van der Waals surface area contributed by atoms with Crippen LogP contribution < -0.4 is 0 Å². The predicted molar refractivity (Wildman–Crippen MR) is 84.0 cm³/mol. The molecule has 8 heteroatoms. The average molecular weight is 368 g/mol. The summed E-state index contributed by atoms with van der Waals surface area (Å²) in [4.78, 5) is 11.6. The molecule has 2 aliphatic carbocycles. The molecule has 0 saturated heterocycles. The van der Waals surface area contributed by atoms with E-state index in [1.807, 2.05) is 6.92 Å². The van der Waals surface area contributed by atoms with Crippen LogP contribution in [-0.4, -0.2) is 30.8 Å². The monoisotopic (exact) mass is 368 g/mol. The molecule has 0 aromatic heterocycles. The number of carbonyl (C=O) groups excluding carboxylic acids is 1. The lowest BCUT2D eigenvalue weighted by Gasteiger charge is -2.47. The van der Waals surface area contributed by atoms with E-state index in [1.54, 1.807) is 0 Å². The summed E-state index contributed by atoms with van der Waals surface area (Å²) in [5.74, 6) is -1.92. The van der Waals surface area contributed by atoms with Crippen LogP contribution in [0.15, 0.2) is 0 Å². The zero-order valence-corrected chi connectivity index (χ0v) is 15.4. The maximum atomic E-state index is 13.4. The molecule has 0 aromatic rings. The van der Waals surface area contributed by atoms with E-state index in [9.17, 15) is 22.0 Å². The summed E-state index contributed by atoms with van der Waals surface area (Å²) in [5, 5.41) is -4.93. The van der Waals surface area contributed by atoms with E-state index in [-0.39, 0.29) is 23.4 Å². The molecule has 0 radical (unpaired) electrons. The van der Waals surface area contributed by atoms with Crippen LogP contribution in [0.3, 0.4) is 0 Å². The zero-order chi connectivity index (χ0) is 18.6. The number of ether oxygens (including phenoxy) is 1. The molecule has 140 valence electrons. The highest BCUT2D eigenvalue weighted by Gasteiger charge is 2.66. The lowest BCUT2D eigenvalue weighted by molar-refractivity contribution is -0.168. The van der Waals surface area contributed by atoms with Gasteiger partial charge in [-0.25, -0.2) is 4.79 Å². The molecular weight excluding hydrogens is 342 g/mol. The van der Waals surface area contributed by atoms with E-state index in [1.165, 1.54) is 0 Å². The highest BCUT2D eigenvalue weighted by atomic mass is 32.2. The Bertz CT molecular complexity index is 628. The highest BCUT2D eigenvalue weighted by molar-refractivity contribution is 7.87. The molecule has 0 aliphatic heterocycles. The van der Waals surface area contributed by atoms with E-state index in [4.69, 9.17) is 9.29 Å². The van der Waals surface area contributed by atoms with Crippen LogP contribution in [-0.2, 0) is 19.6 Å². The van der Waals surface area contributed by atoms with Gasteiger partial charge in [-0.3, -0.25) is 4.55 Å².